The SMILES string of the molecule is C=CCNC(=O)Nc1ccc(S(N)(=O)=O)cc1. The van der Waals surface area contributed by atoms with Crippen LogP contribution >= 0.6 is 0 Å². The third kappa shape index (κ3) is 4.25. The Bertz CT molecular complexity index is 508. The zero-order valence-corrected chi connectivity index (χ0v) is 9.83. The summed E-state index contributed by atoms with van der Waals surface area (Å²) in [5.74, 6) is 0. The van der Waals surface area contributed by atoms with Gasteiger partial charge in [0.1, 0.15) is 0 Å². The quantitative estimate of drug-likeness (QED) is 0.688. The van der Waals surface area contributed by atoms with Gasteiger partial charge in [-0.2, -0.15) is 0 Å². The molecule has 0 bridgehead atoms. The van der Waals surface area contributed by atoms with E-state index in [2.05, 4.69) is 17.2 Å². The molecule has 0 heterocycles. The van der Waals surface area contributed by atoms with Gasteiger partial charge in [-0.25, -0.2) is 18.4 Å². The van der Waals surface area contributed by atoms with Crippen molar-refractivity contribution in [2.75, 3.05) is 11.9 Å². The molecule has 0 saturated heterocycles. The number of carbonyl (C=O) groups is 1. The molecule has 1 aromatic rings. The smallest absolute Gasteiger partial charge is 0.319 e. The lowest BCUT2D eigenvalue weighted by molar-refractivity contribution is 0.253. The fraction of sp³-hybridized carbons (Fsp3) is 0.100. The van der Waals surface area contributed by atoms with Crippen molar-refractivity contribution in [2.24, 2.45) is 5.14 Å². The van der Waals surface area contributed by atoms with Gasteiger partial charge in [0.15, 0.2) is 0 Å². The van der Waals surface area contributed by atoms with Gasteiger partial charge in [0.05, 0.1) is 4.90 Å². The molecule has 0 saturated carbocycles. The molecule has 0 fully saturated rings. The van der Waals surface area contributed by atoms with E-state index in [4.69, 9.17) is 5.14 Å². The first-order valence-corrected chi connectivity index (χ1v) is 6.27. The van der Waals surface area contributed by atoms with Crippen LogP contribution in [0.15, 0.2) is 41.8 Å². The largest absolute Gasteiger partial charge is 0.334 e. The first kappa shape index (κ1) is 13.2. The number of urea groups is 1. The van der Waals surface area contributed by atoms with Gasteiger partial charge >= 0.3 is 6.03 Å². The van der Waals surface area contributed by atoms with E-state index in [0.717, 1.165) is 0 Å². The van der Waals surface area contributed by atoms with Gasteiger partial charge in [-0.15, -0.1) is 6.58 Å². The second-order valence-electron chi connectivity index (χ2n) is 3.19. The Labute approximate surface area is 99.6 Å². The molecule has 0 atom stereocenters. The summed E-state index contributed by atoms with van der Waals surface area (Å²) in [6, 6.07) is 5.14. The van der Waals surface area contributed by atoms with E-state index in [1.807, 2.05) is 0 Å². The van der Waals surface area contributed by atoms with Crippen LogP contribution < -0.4 is 15.8 Å². The van der Waals surface area contributed by atoms with Crippen molar-refractivity contribution in [3.8, 4) is 0 Å². The van der Waals surface area contributed by atoms with Gasteiger partial charge in [-0.1, -0.05) is 6.08 Å². The molecule has 0 aliphatic heterocycles. The summed E-state index contributed by atoms with van der Waals surface area (Å²) in [6.07, 6.45) is 1.55. The maximum atomic E-state index is 11.2. The van der Waals surface area contributed by atoms with E-state index in [1.165, 1.54) is 24.3 Å². The number of amides is 2. The number of rotatable bonds is 4. The van der Waals surface area contributed by atoms with Crippen LogP contribution in [0.3, 0.4) is 0 Å². The first-order valence-electron chi connectivity index (χ1n) is 4.72. The predicted molar refractivity (Wildman–Crippen MR) is 65.0 cm³/mol. The highest BCUT2D eigenvalue weighted by Crippen LogP contribution is 2.12. The Hall–Kier alpha value is -1.86. The van der Waals surface area contributed by atoms with Crippen molar-refractivity contribution in [1.29, 1.82) is 0 Å². The summed E-state index contributed by atoms with van der Waals surface area (Å²) in [4.78, 5) is 11.2. The van der Waals surface area contributed by atoms with Crippen molar-refractivity contribution in [3.63, 3.8) is 0 Å². The Kier molecular flexibility index (Phi) is 4.24. The Balaban J connectivity index is 2.69. The fourth-order valence-corrected chi connectivity index (χ4v) is 1.58. The van der Waals surface area contributed by atoms with E-state index in [1.54, 1.807) is 6.08 Å². The van der Waals surface area contributed by atoms with Crippen molar-refractivity contribution in [2.45, 2.75) is 4.90 Å². The summed E-state index contributed by atoms with van der Waals surface area (Å²) in [7, 11) is -3.70. The summed E-state index contributed by atoms with van der Waals surface area (Å²) in [5, 5.41) is 9.97. The van der Waals surface area contributed by atoms with Crippen molar-refractivity contribution in [1.82, 2.24) is 5.32 Å². The lowest BCUT2D eigenvalue weighted by Crippen LogP contribution is -2.28. The molecule has 7 heteroatoms. The Morgan fingerprint density at radius 3 is 2.41 bits per heavy atom. The van der Waals surface area contributed by atoms with Gasteiger partial charge < -0.3 is 10.6 Å². The van der Waals surface area contributed by atoms with Crippen molar-refractivity contribution in [3.05, 3.63) is 36.9 Å². The molecule has 6 nitrogen and oxygen atoms in total. The van der Waals surface area contributed by atoms with Crippen LogP contribution in [-0.4, -0.2) is 21.0 Å². The Morgan fingerprint density at radius 1 is 1.35 bits per heavy atom. The molecule has 1 rings (SSSR count). The third-order valence-electron chi connectivity index (χ3n) is 1.85. The minimum atomic E-state index is -3.70. The maximum absolute atomic E-state index is 11.2. The highest BCUT2D eigenvalue weighted by atomic mass is 32.2. The molecule has 0 radical (unpaired) electrons. The summed E-state index contributed by atoms with van der Waals surface area (Å²) in [6.45, 7) is 3.80. The van der Waals surface area contributed by atoms with Crippen LogP contribution in [0.25, 0.3) is 0 Å². The lowest BCUT2D eigenvalue weighted by Gasteiger charge is -2.06. The molecule has 4 N–H and O–H groups in total. The zero-order valence-electron chi connectivity index (χ0n) is 9.01. The van der Waals surface area contributed by atoms with Gasteiger partial charge in [0, 0.05) is 12.2 Å². The first-order chi connectivity index (χ1) is 7.93. The summed E-state index contributed by atoms with van der Waals surface area (Å²) in [5.41, 5.74) is 0.471. The lowest BCUT2D eigenvalue weighted by atomic mass is 10.3. The highest BCUT2D eigenvalue weighted by Gasteiger charge is 2.07. The average molecular weight is 255 g/mol. The highest BCUT2D eigenvalue weighted by molar-refractivity contribution is 7.89. The molecule has 1 aromatic carbocycles. The number of anilines is 1. The summed E-state index contributed by atoms with van der Waals surface area (Å²) < 4.78 is 21.9. The molecule has 2 amide bonds. The third-order valence-corrected chi connectivity index (χ3v) is 2.78. The topological polar surface area (TPSA) is 101 Å². The summed E-state index contributed by atoms with van der Waals surface area (Å²) >= 11 is 0. The normalized spacial score (nSPS) is 10.6. The van der Waals surface area contributed by atoms with E-state index >= 15 is 0 Å². The molecule has 0 unspecified atom stereocenters. The van der Waals surface area contributed by atoms with Crippen LogP contribution in [0.1, 0.15) is 0 Å². The zero-order chi connectivity index (χ0) is 12.9. The number of nitrogens with one attached hydrogen (secondary N) is 2. The van der Waals surface area contributed by atoms with E-state index in [0.29, 0.717) is 12.2 Å². The molecule has 0 aliphatic rings. The number of hydrogen-bond donors (Lipinski definition) is 3. The van der Waals surface area contributed by atoms with Gasteiger partial charge in [0.25, 0.3) is 0 Å². The van der Waals surface area contributed by atoms with E-state index < -0.39 is 16.1 Å². The molecule has 17 heavy (non-hydrogen) atoms. The molecule has 0 aromatic heterocycles. The minimum Gasteiger partial charge on any atom is -0.334 e. The van der Waals surface area contributed by atoms with Crippen LogP contribution in [0, 0.1) is 0 Å². The Morgan fingerprint density at radius 2 is 1.94 bits per heavy atom. The fourth-order valence-electron chi connectivity index (χ4n) is 1.07. The molecular formula is C10H13N3O3S. The van der Waals surface area contributed by atoms with Crippen LogP contribution in [-0.2, 0) is 10.0 Å². The van der Waals surface area contributed by atoms with Crippen LogP contribution in [0.5, 0.6) is 0 Å². The van der Waals surface area contributed by atoms with Crippen LogP contribution in [0.2, 0.25) is 0 Å². The van der Waals surface area contributed by atoms with Gasteiger partial charge in [0.2, 0.25) is 10.0 Å². The number of benzene rings is 1. The number of hydrogen-bond acceptors (Lipinski definition) is 3. The predicted octanol–water partition coefficient (Wildman–Crippen LogP) is 0.641. The molecular weight excluding hydrogens is 242 g/mol. The van der Waals surface area contributed by atoms with E-state index in [9.17, 15) is 13.2 Å². The van der Waals surface area contributed by atoms with Crippen molar-refractivity contribution < 1.29 is 13.2 Å². The number of nitrogens with two attached hydrogens (primary N) is 1. The standard InChI is InChI=1S/C10H13N3O3S/c1-2-7-12-10(14)13-8-3-5-9(6-4-8)17(11,15)16/h2-6H,1,7H2,(H2,11,15,16)(H2,12,13,14). The number of carbonyl (C=O) groups excluding carboxylic acids is 1. The van der Waals surface area contributed by atoms with Crippen molar-refractivity contribution >= 4 is 21.7 Å². The van der Waals surface area contributed by atoms with E-state index in [-0.39, 0.29) is 4.90 Å². The van der Waals surface area contributed by atoms with Crippen LogP contribution in [0.4, 0.5) is 10.5 Å². The maximum Gasteiger partial charge on any atom is 0.319 e. The monoisotopic (exact) mass is 255 g/mol. The molecule has 92 valence electrons. The number of primary sulfonamides is 1. The molecule has 0 aliphatic carbocycles. The second-order valence-corrected chi connectivity index (χ2v) is 4.75. The van der Waals surface area contributed by atoms with Gasteiger partial charge in [-0.05, 0) is 24.3 Å². The average Bonchev–Trinajstić information content (AvgIpc) is 2.26. The van der Waals surface area contributed by atoms with Gasteiger partial charge in [-0.3, -0.25) is 0 Å². The molecule has 0 spiro atoms. The minimum absolute atomic E-state index is 0.00505. The second kappa shape index (κ2) is 5.46. The number of sulfonamides is 1.